The number of carbonyl (C=O) groups excluding carboxylic acids is 2. The Morgan fingerprint density at radius 3 is 2.73 bits per heavy atom. The number of β-amino-alcohol motifs (C(OH)–C–C–N with tert-alkyl or cyclic N) is 1. The lowest BCUT2D eigenvalue weighted by atomic mass is 10.1. The molecular formula is C22H21N5O3. The van der Waals surface area contributed by atoms with Crippen molar-refractivity contribution in [3.63, 3.8) is 0 Å². The molecule has 4 N–H and O–H groups in total. The fourth-order valence-corrected chi connectivity index (χ4v) is 4.27. The fourth-order valence-electron chi connectivity index (χ4n) is 4.27. The van der Waals surface area contributed by atoms with E-state index in [4.69, 9.17) is 5.73 Å². The van der Waals surface area contributed by atoms with Crippen LogP contribution in [0, 0.1) is 6.92 Å². The number of benzene rings is 2. The Balaban J connectivity index is 1.42. The van der Waals surface area contributed by atoms with Crippen LogP contribution in [0.25, 0.3) is 21.9 Å². The van der Waals surface area contributed by atoms with Crippen LogP contribution >= 0.6 is 0 Å². The Kier molecular flexibility index (Phi) is 4.11. The maximum Gasteiger partial charge on any atom is 0.254 e. The van der Waals surface area contributed by atoms with Crippen LogP contribution in [-0.2, 0) is 0 Å². The van der Waals surface area contributed by atoms with Crippen molar-refractivity contribution in [1.82, 2.24) is 19.4 Å². The van der Waals surface area contributed by atoms with Crippen molar-refractivity contribution in [2.24, 2.45) is 5.73 Å². The highest BCUT2D eigenvalue weighted by molar-refractivity contribution is 5.98. The minimum absolute atomic E-state index is 0.127. The standard InChI is InChI=1S/C22H21N5O3/c1-12-24-16-4-2-15(9-17(16)25-12)22(30)26-10-19(20(28)11-26)27-7-6-13-8-14(21(23)29)3-5-18(13)27/h2-9,19-20,28H,10-11H2,1H3,(H2,23,29)(H,24,25)/t19-,20-/m1/s1. The van der Waals surface area contributed by atoms with Gasteiger partial charge in [-0.1, -0.05) is 0 Å². The predicted molar refractivity (Wildman–Crippen MR) is 112 cm³/mol. The molecule has 8 nitrogen and oxygen atoms in total. The number of nitrogens with one attached hydrogen (secondary N) is 1. The van der Waals surface area contributed by atoms with Crippen molar-refractivity contribution in [1.29, 1.82) is 0 Å². The van der Waals surface area contributed by atoms with Gasteiger partial charge in [0, 0.05) is 41.3 Å². The van der Waals surface area contributed by atoms with Crippen molar-refractivity contribution in [3.05, 3.63) is 65.6 Å². The monoisotopic (exact) mass is 403 g/mol. The predicted octanol–water partition coefficient (Wildman–Crippen LogP) is 1.98. The molecule has 2 amide bonds. The van der Waals surface area contributed by atoms with Crippen molar-refractivity contribution in [2.45, 2.75) is 19.1 Å². The van der Waals surface area contributed by atoms with Gasteiger partial charge in [-0.15, -0.1) is 0 Å². The third-order valence-corrected chi connectivity index (χ3v) is 5.76. The zero-order chi connectivity index (χ0) is 21.0. The van der Waals surface area contributed by atoms with Crippen molar-refractivity contribution in [3.8, 4) is 0 Å². The number of rotatable bonds is 3. The second-order valence-corrected chi connectivity index (χ2v) is 7.76. The van der Waals surface area contributed by atoms with E-state index in [2.05, 4.69) is 9.97 Å². The highest BCUT2D eigenvalue weighted by Gasteiger charge is 2.36. The normalized spacial score (nSPS) is 19.1. The lowest BCUT2D eigenvalue weighted by molar-refractivity contribution is 0.0764. The first kappa shape index (κ1) is 18.4. The van der Waals surface area contributed by atoms with E-state index < -0.39 is 12.0 Å². The molecule has 2 aromatic heterocycles. The number of amides is 2. The summed E-state index contributed by atoms with van der Waals surface area (Å²) in [6.45, 7) is 2.51. The molecule has 0 spiro atoms. The van der Waals surface area contributed by atoms with E-state index in [-0.39, 0.29) is 18.5 Å². The summed E-state index contributed by atoms with van der Waals surface area (Å²) in [5.74, 6) is 0.190. The summed E-state index contributed by atoms with van der Waals surface area (Å²) >= 11 is 0. The molecule has 3 heterocycles. The van der Waals surface area contributed by atoms with E-state index in [0.717, 1.165) is 27.8 Å². The molecule has 2 aromatic carbocycles. The zero-order valence-corrected chi connectivity index (χ0v) is 16.4. The zero-order valence-electron chi connectivity index (χ0n) is 16.4. The number of primary amides is 1. The van der Waals surface area contributed by atoms with Crippen LogP contribution in [0.15, 0.2) is 48.7 Å². The first-order chi connectivity index (χ1) is 14.4. The van der Waals surface area contributed by atoms with Crippen LogP contribution in [0.1, 0.15) is 32.6 Å². The van der Waals surface area contributed by atoms with Crippen LogP contribution < -0.4 is 5.73 Å². The molecule has 1 saturated heterocycles. The van der Waals surface area contributed by atoms with Gasteiger partial charge in [0.05, 0.1) is 23.2 Å². The summed E-state index contributed by atoms with van der Waals surface area (Å²) in [5.41, 5.74) is 8.87. The Labute approximate surface area is 171 Å². The van der Waals surface area contributed by atoms with Crippen molar-refractivity contribution in [2.75, 3.05) is 13.1 Å². The SMILES string of the molecule is Cc1nc2ccc(C(=O)N3C[C@@H](O)[C@H](n4ccc5cc(C(N)=O)ccc54)C3)cc2[nH]1. The minimum atomic E-state index is -0.696. The highest BCUT2D eigenvalue weighted by atomic mass is 16.3. The smallest absolute Gasteiger partial charge is 0.254 e. The number of nitrogens with two attached hydrogens (primary N) is 1. The van der Waals surface area contributed by atoms with E-state index in [1.165, 1.54) is 0 Å². The van der Waals surface area contributed by atoms with Gasteiger partial charge >= 0.3 is 0 Å². The quantitative estimate of drug-likeness (QED) is 0.485. The van der Waals surface area contributed by atoms with E-state index in [1.54, 1.807) is 29.2 Å². The molecular weight excluding hydrogens is 382 g/mol. The molecule has 0 aliphatic carbocycles. The topological polar surface area (TPSA) is 117 Å². The second-order valence-electron chi connectivity index (χ2n) is 7.76. The van der Waals surface area contributed by atoms with Crippen molar-refractivity contribution >= 4 is 33.8 Å². The summed E-state index contributed by atoms with van der Waals surface area (Å²) in [7, 11) is 0. The number of nitrogens with zero attached hydrogens (tertiary/aromatic N) is 3. The number of aromatic amines is 1. The van der Waals surface area contributed by atoms with E-state index in [0.29, 0.717) is 17.7 Å². The lowest BCUT2D eigenvalue weighted by Crippen LogP contribution is -2.29. The summed E-state index contributed by atoms with van der Waals surface area (Å²) in [6, 6.07) is 12.2. The maximum absolute atomic E-state index is 13.1. The molecule has 1 fully saturated rings. The fraction of sp³-hybridized carbons (Fsp3) is 0.227. The molecule has 8 heteroatoms. The molecule has 2 atom stereocenters. The largest absolute Gasteiger partial charge is 0.389 e. The number of aliphatic hydroxyl groups excluding tert-OH is 1. The lowest BCUT2D eigenvalue weighted by Gasteiger charge is -2.18. The molecule has 4 aromatic rings. The first-order valence-electron chi connectivity index (χ1n) is 9.75. The summed E-state index contributed by atoms with van der Waals surface area (Å²) < 4.78 is 1.96. The van der Waals surface area contributed by atoms with Gasteiger partial charge in [0.1, 0.15) is 5.82 Å². The number of fused-ring (bicyclic) bond motifs is 2. The van der Waals surface area contributed by atoms with Gasteiger partial charge < -0.3 is 25.3 Å². The van der Waals surface area contributed by atoms with E-state index in [9.17, 15) is 14.7 Å². The average Bonchev–Trinajstić information content (AvgIpc) is 3.41. The van der Waals surface area contributed by atoms with Crippen LogP contribution in [0.3, 0.4) is 0 Å². The number of aliphatic hydroxyl groups is 1. The van der Waals surface area contributed by atoms with Gasteiger partial charge in [-0.3, -0.25) is 9.59 Å². The van der Waals surface area contributed by atoms with Crippen LogP contribution in [0.5, 0.6) is 0 Å². The molecule has 0 saturated carbocycles. The number of likely N-dealkylation sites (tertiary alicyclic amines) is 1. The highest BCUT2D eigenvalue weighted by Crippen LogP contribution is 2.29. The number of hydrogen-bond donors (Lipinski definition) is 3. The molecule has 152 valence electrons. The van der Waals surface area contributed by atoms with Crippen LogP contribution in [0.2, 0.25) is 0 Å². The Morgan fingerprint density at radius 1 is 1.13 bits per heavy atom. The maximum atomic E-state index is 13.1. The Bertz CT molecular complexity index is 1300. The van der Waals surface area contributed by atoms with Gasteiger partial charge in [0.15, 0.2) is 0 Å². The average molecular weight is 403 g/mol. The molecule has 30 heavy (non-hydrogen) atoms. The third kappa shape index (κ3) is 2.93. The summed E-state index contributed by atoms with van der Waals surface area (Å²) in [5, 5.41) is 11.6. The third-order valence-electron chi connectivity index (χ3n) is 5.76. The number of H-pyrrole nitrogens is 1. The number of imidazole rings is 1. The van der Waals surface area contributed by atoms with E-state index >= 15 is 0 Å². The van der Waals surface area contributed by atoms with Gasteiger partial charge in [-0.25, -0.2) is 4.98 Å². The second kappa shape index (κ2) is 6.70. The molecule has 0 bridgehead atoms. The van der Waals surface area contributed by atoms with Crippen LogP contribution in [0.4, 0.5) is 0 Å². The van der Waals surface area contributed by atoms with Crippen molar-refractivity contribution < 1.29 is 14.7 Å². The molecule has 5 rings (SSSR count). The van der Waals surface area contributed by atoms with Gasteiger partial charge in [-0.05, 0) is 49.4 Å². The molecule has 1 aliphatic rings. The summed E-state index contributed by atoms with van der Waals surface area (Å²) in [4.78, 5) is 33.7. The number of aryl methyl sites for hydroxylation is 1. The minimum Gasteiger partial charge on any atom is -0.389 e. The van der Waals surface area contributed by atoms with Crippen LogP contribution in [-0.4, -0.2) is 55.5 Å². The van der Waals surface area contributed by atoms with Gasteiger partial charge in [0.25, 0.3) is 5.91 Å². The molecule has 1 aliphatic heterocycles. The van der Waals surface area contributed by atoms with Gasteiger partial charge in [-0.2, -0.15) is 0 Å². The van der Waals surface area contributed by atoms with E-state index in [1.807, 2.05) is 35.9 Å². The molecule has 0 unspecified atom stereocenters. The summed E-state index contributed by atoms with van der Waals surface area (Å²) in [6.07, 6.45) is 1.18. The van der Waals surface area contributed by atoms with Gasteiger partial charge in [0.2, 0.25) is 5.91 Å². The number of carbonyl (C=O) groups is 2. The Hall–Kier alpha value is -3.65. The molecule has 0 radical (unpaired) electrons. The number of hydrogen-bond acceptors (Lipinski definition) is 4. The first-order valence-corrected chi connectivity index (χ1v) is 9.75. The Morgan fingerprint density at radius 2 is 1.93 bits per heavy atom. The number of aromatic nitrogens is 3.